The molecule has 102 valence electrons. The first-order chi connectivity index (χ1) is 8.43. The third-order valence-electron chi connectivity index (χ3n) is 4.04. The molecule has 0 aliphatic carbocycles. The van der Waals surface area contributed by atoms with Gasteiger partial charge in [0, 0.05) is 16.1 Å². The van der Waals surface area contributed by atoms with Crippen molar-refractivity contribution in [3.8, 4) is 0 Å². The van der Waals surface area contributed by atoms with E-state index in [2.05, 4.69) is 78.5 Å². The highest BCUT2D eigenvalue weighted by Crippen LogP contribution is 2.24. The Hall–Kier alpha value is -0.420. The van der Waals surface area contributed by atoms with Gasteiger partial charge in [-0.05, 0) is 51.6 Å². The fourth-order valence-corrected chi connectivity index (χ4v) is 2.45. The summed E-state index contributed by atoms with van der Waals surface area (Å²) >= 11 is 3.46. The molecule has 0 heterocycles. The number of halogens is 1. The molecule has 2 unspecified atom stereocenters. The molecule has 4 heteroatoms. The van der Waals surface area contributed by atoms with E-state index in [1.165, 1.54) is 5.56 Å². The smallest absolute Gasteiger partial charge is 0.0432 e. The van der Waals surface area contributed by atoms with Gasteiger partial charge in [-0.3, -0.25) is 11.3 Å². The number of hydrazine groups is 1. The van der Waals surface area contributed by atoms with Crippen molar-refractivity contribution in [2.75, 3.05) is 14.1 Å². The lowest BCUT2D eigenvalue weighted by Crippen LogP contribution is -2.59. The molecular formula is C14H24BrN3. The predicted molar refractivity (Wildman–Crippen MR) is 81.3 cm³/mol. The van der Waals surface area contributed by atoms with E-state index in [9.17, 15) is 0 Å². The van der Waals surface area contributed by atoms with Crippen molar-refractivity contribution in [3.63, 3.8) is 0 Å². The summed E-state index contributed by atoms with van der Waals surface area (Å²) in [6, 6.07) is 8.64. The van der Waals surface area contributed by atoms with Crippen LogP contribution in [0.5, 0.6) is 0 Å². The molecule has 0 aromatic heterocycles. The molecule has 1 rings (SSSR count). The second kappa shape index (κ2) is 6.66. The van der Waals surface area contributed by atoms with E-state index < -0.39 is 0 Å². The number of likely N-dealkylation sites (N-methyl/N-ethyl adjacent to an activating group) is 1. The van der Waals surface area contributed by atoms with E-state index in [-0.39, 0.29) is 11.6 Å². The van der Waals surface area contributed by atoms with Gasteiger partial charge in [0.1, 0.15) is 0 Å². The van der Waals surface area contributed by atoms with Crippen molar-refractivity contribution in [2.45, 2.75) is 38.3 Å². The molecule has 0 amide bonds. The lowest BCUT2D eigenvalue weighted by molar-refractivity contribution is 0.112. The lowest BCUT2D eigenvalue weighted by Gasteiger charge is -2.42. The third-order valence-corrected chi connectivity index (χ3v) is 4.57. The molecule has 1 aromatic carbocycles. The summed E-state index contributed by atoms with van der Waals surface area (Å²) in [5.41, 5.74) is 4.32. The zero-order valence-corrected chi connectivity index (χ0v) is 13.3. The normalized spacial score (nSPS) is 16.6. The first-order valence-corrected chi connectivity index (χ1v) is 7.11. The SMILES string of the molecule is CCC(C)(C(Cc1ccc(Br)cc1)NN)N(C)C. The molecule has 0 aliphatic heterocycles. The zero-order valence-electron chi connectivity index (χ0n) is 11.7. The van der Waals surface area contributed by atoms with Crippen LogP contribution >= 0.6 is 15.9 Å². The third kappa shape index (κ3) is 3.54. The maximum atomic E-state index is 5.76. The van der Waals surface area contributed by atoms with Crippen molar-refractivity contribution in [2.24, 2.45) is 5.84 Å². The summed E-state index contributed by atoms with van der Waals surface area (Å²) in [4.78, 5) is 2.25. The molecule has 3 N–H and O–H groups in total. The molecule has 2 atom stereocenters. The van der Waals surface area contributed by atoms with Gasteiger partial charge in [0.25, 0.3) is 0 Å². The van der Waals surface area contributed by atoms with Gasteiger partial charge in [-0.25, -0.2) is 0 Å². The van der Waals surface area contributed by atoms with Crippen LogP contribution in [0.15, 0.2) is 28.7 Å². The molecule has 0 aliphatic rings. The number of nitrogens with two attached hydrogens (primary N) is 1. The van der Waals surface area contributed by atoms with E-state index >= 15 is 0 Å². The van der Waals surface area contributed by atoms with Gasteiger partial charge >= 0.3 is 0 Å². The van der Waals surface area contributed by atoms with Crippen LogP contribution in [-0.2, 0) is 6.42 Å². The van der Waals surface area contributed by atoms with E-state index in [4.69, 9.17) is 5.84 Å². The van der Waals surface area contributed by atoms with Gasteiger partial charge < -0.3 is 4.90 Å². The molecule has 0 spiro atoms. The number of rotatable bonds is 6. The summed E-state index contributed by atoms with van der Waals surface area (Å²) in [6.45, 7) is 4.45. The van der Waals surface area contributed by atoms with Crippen LogP contribution in [0.25, 0.3) is 0 Å². The van der Waals surface area contributed by atoms with Gasteiger partial charge in [0.2, 0.25) is 0 Å². The highest BCUT2D eigenvalue weighted by atomic mass is 79.9. The Balaban J connectivity index is 2.87. The largest absolute Gasteiger partial charge is 0.302 e. The highest BCUT2D eigenvalue weighted by molar-refractivity contribution is 9.10. The molecule has 0 saturated carbocycles. The average Bonchev–Trinajstić information content (AvgIpc) is 2.37. The zero-order chi connectivity index (χ0) is 13.8. The second-order valence-corrected chi connectivity index (χ2v) is 6.07. The number of nitrogens with zero attached hydrogens (tertiary/aromatic N) is 1. The Labute approximate surface area is 119 Å². The summed E-state index contributed by atoms with van der Waals surface area (Å²) in [5, 5.41) is 0. The molecule has 0 saturated heterocycles. The van der Waals surface area contributed by atoms with Gasteiger partial charge in [-0.2, -0.15) is 0 Å². The van der Waals surface area contributed by atoms with E-state index in [1.54, 1.807) is 0 Å². The van der Waals surface area contributed by atoms with Crippen LogP contribution in [-0.4, -0.2) is 30.6 Å². The molecule has 1 aromatic rings. The molecule has 0 fully saturated rings. The van der Waals surface area contributed by atoms with E-state index in [1.807, 2.05) is 0 Å². The van der Waals surface area contributed by atoms with E-state index in [0.717, 1.165) is 17.3 Å². The minimum Gasteiger partial charge on any atom is -0.302 e. The van der Waals surface area contributed by atoms with Crippen molar-refractivity contribution in [3.05, 3.63) is 34.3 Å². The van der Waals surface area contributed by atoms with E-state index in [0.29, 0.717) is 0 Å². The van der Waals surface area contributed by atoms with Crippen LogP contribution in [0.4, 0.5) is 0 Å². The van der Waals surface area contributed by atoms with Crippen LogP contribution in [0.1, 0.15) is 25.8 Å². The van der Waals surface area contributed by atoms with Crippen molar-refractivity contribution >= 4 is 15.9 Å². The Morgan fingerprint density at radius 1 is 1.33 bits per heavy atom. The number of benzene rings is 1. The maximum absolute atomic E-state index is 5.76. The molecule has 0 bridgehead atoms. The average molecular weight is 314 g/mol. The topological polar surface area (TPSA) is 41.3 Å². The Kier molecular flexibility index (Phi) is 5.79. The molecule has 0 radical (unpaired) electrons. The van der Waals surface area contributed by atoms with Crippen molar-refractivity contribution in [1.29, 1.82) is 0 Å². The minimum absolute atomic E-state index is 0.0435. The summed E-state index contributed by atoms with van der Waals surface area (Å²) in [6.07, 6.45) is 1.97. The molecule has 18 heavy (non-hydrogen) atoms. The Bertz CT molecular complexity index is 364. The van der Waals surface area contributed by atoms with Crippen LogP contribution in [0.3, 0.4) is 0 Å². The molecular weight excluding hydrogens is 290 g/mol. The van der Waals surface area contributed by atoms with Crippen molar-refractivity contribution < 1.29 is 0 Å². The Morgan fingerprint density at radius 2 is 1.89 bits per heavy atom. The first-order valence-electron chi connectivity index (χ1n) is 6.32. The summed E-state index contributed by atoms with van der Waals surface area (Å²) in [7, 11) is 4.21. The fourth-order valence-electron chi connectivity index (χ4n) is 2.19. The van der Waals surface area contributed by atoms with Crippen molar-refractivity contribution in [1.82, 2.24) is 10.3 Å². The summed E-state index contributed by atoms with van der Waals surface area (Å²) in [5.74, 6) is 5.76. The minimum atomic E-state index is 0.0435. The maximum Gasteiger partial charge on any atom is 0.0432 e. The summed E-state index contributed by atoms with van der Waals surface area (Å²) < 4.78 is 1.11. The highest BCUT2D eigenvalue weighted by Gasteiger charge is 2.33. The number of hydrogen-bond acceptors (Lipinski definition) is 3. The predicted octanol–water partition coefficient (Wildman–Crippen LogP) is 2.55. The monoisotopic (exact) mass is 313 g/mol. The fraction of sp³-hybridized carbons (Fsp3) is 0.571. The van der Waals surface area contributed by atoms with Gasteiger partial charge in [-0.1, -0.05) is 35.0 Å². The standard InChI is InChI=1S/C14H24BrN3/c1-5-14(2,18(3)4)13(17-16)10-11-6-8-12(15)9-7-11/h6-9,13,17H,5,10,16H2,1-4H3. The van der Waals surface area contributed by atoms with Crippen LogP contribution in [0.2, 0.25) is 0 Å². The van der Waals surface area contributed by atoms with Gasteiger partial charge in [0.15, 0.2) is 0 Å². The Morgan fingerprint density at radius 3 is 2.28 bits per heavy atom. The first kappa shape index (κ1) is 15.6. The van der Waals surface area contributed by atoms with Crippen LogP contribution in [0, 0.1) is 0 Å². The van der Waals surface area contributed by atoms with Crippen LogP contribution < -0.4 is 11.3 Å². The quantitative estimate of drug-likeness (QED) is 0.626. The van der Waals surface area contributed by atoms with Gasteiger partial charge in [0.05, 0.1) is 0 Å². The number of nitrogens with one attached hydrogen (secondary N) is 1. The second-order valence-electron chi connectivity index (χ2n) is 5.15. The number of hydrogen-bond donors (Lipinski definition) is 2. The van der Waals surface area contributed by atoms with Gasteiger partial charge in [-0.15, -0.1) is 0 Å². The lowest BCUT2D eigenvalue weighted by atomic mass is 9.84. The molecule has 3 nitrogen and oxygen atoms in total.